The van der Waals surface area contributed by atoms with E-state index in [4.69, 9.17) is 0 Å². The van der Waals surface area contributed by atoms with Gasteiger partial charge in [0.15, 0.2) is 0 Å². The molecule has 2 saturated heterocycles. The number of anilines is 1. The summed E-state index contributed by atoms with van der Waals surface area (Å²) in [4.78, 5) is 24.9. The van der Waals surface area contributed by atoms with Crippen molar-refractivity contribution in [3.05, 3.63) is 34.9 Å². The predicted molar refractivity (Wildman–Crippen MR) is 118 cm³/mol. The zero-order chi connectivity index (χ0) is 19.8. The molecule has 1 saturated carbocycles. The molecule has 29 heavy (non-hydrogen) atoms. The summed E-state index contributed by atoms with van der Waals surface area (Å²) in [6.45, 7) is 7.57. The van der Waals surface area contributed by atoms with Gasteiger partial charge in [0, 0.05) is 51.0 Å². The van der Waals surface area contributed by atoms with E-state index in [0.29, 0.717) is 5.92 Å². The summed E-state index contributed by atoms with van der Waals surface area (Å²) < 4.78 is 1.79. The molecule has 0 bridgehead atoms. The number of hydrogen-bond donors (Lipinski definition) is 0. The highest BCUT2D eigenvalue weighted by Crippen LogP contribution is 2.30. The number of fused-ring (bicyclic) bond motifs is 1. The van der Waals surface area contributed by atoms with Crippen LogP contribution in [0.1, 0.15) is 32.1 Å². The van der Waals surface area contributed by atoms with Crippen LogP contribution in [-0.4, -0.2) is 71.7 Å². The quantitative estimate of drug-likeness (QED) is 0.778. The molecule has 0 N–H and O–H groups in total. The van der Waals surface area contributed by atoms with Crippen molar-refractivity contribution in [2.75, 3.05) is 51.2 Å². The average molecular weight is 396 g/mol. The molecule has 0 radical (unpaired) electrons. The van der Waals surface area contributed by atoms with E-state index >= 15 is 0 Å². The fourth-order valence-electron chi connectivity index (χ4n) is 4.91. The summed E-state index contributed by atoms with van der Waals surface area (Å²) in [6, 6.07) is 6.91. The molecular formula is C23H33N5O. The van der Waals surface area contributed by atoms with Gasteiger partial charge in [0.2, 0.25) is 0 Å². The fourth-order valence-corrected chi connectivity index (χ4v) is 4.91. The van der Waals surface area contributed by atoms with Gasteiger partial charge in [-0.3, -0.25) is 14.3 Å². The predicted octanol–water partition coefficient (Wildman–Crippen LogP) is 2.41. The molecule has 156 valence electrons. The number of piperidine rings is 1. The first kappa shape index (κ1) is 19.1. The summed E-state index contributed by atoms with van der Waals surface area (Å²) in [6.07, 6.45) is 8.29. The number of aromatic nitrogens is 2. The van der Waals surface area contributed by atoms with E-state index < -0.39 is 0 Å². The smallest absolute Gasteiger partial charge is 0.261 e. The lowest BCUT2D eigenvalue weighted by molar-refractivity contribution is 0.125. The first-order valence-electron chi connectivity index (χ1n) is 11.3. The van der Waals surface area contributed by atoms with Crippen molar-refractivity contribution in [3.63, 3.8) is 0 Å². The van der Waals surface area contributed by atoms with Gasteiger partial charge in [-0.1, -0.05) is 6.42 Å². The highest BCUT2D eigenvalue weighted by molar-refractivity contribution is 5.81. The Morgan fingerprint density at radius 2 is 1.83 bits per heavy atom. The third-order valence-corrected chi connectivity index (χ3v) is 7.09. The van der Waals surface area contributed by atoms with E-state index in [0.717, 1.165) is 49.7 Å². The number of rotatable bonds is 5. The van der Waals surface area contributed by atoms with Crippen LogP contribution in [0.25, 0.3) is 10.9 Å². The molecule has 2 aromatic rings. The summed E-state index contributed by atoms with van der Waals surface area (Å²) in [7, 11) is 2.28. The van der Waals surface area contributed by atoms with Crippen LogP contribution in [0.15, 0.2) is 29.3 Å². The van der Waals surface area contributed by atoms with Gasteiger partial charge in [0.05, 0.1) is 17.2 Å². The van der Waals surface area contributed by atoms with Crippen LogP contribution in [0.5, 0.6) is 0 Å². The van der Waals surface area contributed by atoms with Gasteiger partial charge >= 0.3 is 0 Å². The fraction of sp³-hybridized carbons (Fsp3) is 0.652. The highest BCUT2D eigenvalue weighted by Gasteiger charge is 2.25. The van der Waals surface area contributed by atoms with E-state index in [1.54, 1.807) is 10.9 Å². The number of likely N-dealkylation sites (tertiary alicyclic amines) is 1. The van der Waals surface area contributed by atoms with Crippen LogP contribution < -0.4 is 10.5 Å². The van der Waals surface area contributed by atoms with Gasteiger partial charge in [-0.25, -0.2) is 4.98 Å². The largest absolute Gasteiger partial charge is 0.369 e. The van der Waals surface area contributed by atoms with Crippen LogP contribution >= 0.6 is 0 Å². The Bertz CT molecular complexity index is 913. The Morgan fingerprint density at radius 1 is 1.00 bits per heavy atom. The molecule has 6 nitrogen and oxygen atoms in total. The van der Waals surface area contributed by atoms with Crippen molar-refractivity contribution in [3.8, 4) is 0 Å². The standard InChI is InChI=1S/C23H33N5O/c1-25-9-3-2-4-20(25)16-26-10-12-27(13-11-26)19-7-8-21-22(14-19)24-17-28(23(21)29)15-18-5-6-18/h7-8,14,17-18,20H,2-6,9-13,15-16H2,1H3. The normalized spacial score (nSPS) is 24.3. The summed E-state index contributed by atoms with van der Waals surface area (Å²) in [5.41, 5.74) is 2.12. The van der Waals surface area contributed by atoms with Gasteiger partial charge < -0.3 is 9.80 Å². The third kappa shape index (κ3) is 4.19. The minimum absolute atomic E-state index is 0.106. The number of nitrogens with zero attached hydrogens (tertiary/aromatic N) is 5. The van der Waals surface area contributed by atoms with Crippen LogP contribution in [0, 0.1) is 5.92 Å². The third-order valence-electron chi connectivity index (χ3n) is 7.09. The molecule has 3 fully saturated rings. The molecule has 6 heteroatoms. The van der Waals surface area contributed by atoms with Crippen LogP contribution in [0.2, 0.25) is 0 Å². The maximum atomic E-state index is 12.7. The number of likely N-dealkylation sites (N-methyl/N-ethyl adjacent to an activating group) is 1. The van der Waals surface area contributed by atoms with Crippen molar-refractivity contribution in [2.24, 2.45) is 5.92 Å². The Hall–Kier alpha value is -1.92. The van der Waals surface area contributed by atoms with Gasteiger partial charge in [0.25, 0.3) is 5.56 Å². The lowest BCUT2D eigenvalue weighted by atomic mass is 10.0. The Labute approximate surface area is 173 Å². The highest BCUT2D eigenvalue weighted by atomic mass is 16.1. The number of piperazine rings is 1. The van der Waals surface area contributed by atoms with E-state index in [1.807, 2.05) is 6.07 Å². The molecular weight excluding hydrogens is 362 g/mol. The summed E-state index contributed by atoms with van der Waals surface area (Å²) >= 11 is 0. The summed E-state index contributed by atoms with van der Waals surface area (Å²) in [5.74, 6) is 0.677. The van der Waals surface area contributed by atoms with Gasteiger partial charge in [-0.15, -0.1) is 0 Å². The van der Waals surface area contributed by atoms with Gasteiger partial charge in [-0.2, -0.15) is 0 Å². The molecule has 2 aliphatic heterocycles. The van der Waals surface area contributed by atoms with Crippen molar-refractivity contribution in [1.82, 2.24) is 19.4 Å². The first-order chi connectivity index (χ1) is 14.2. The van der Waals surface area contributed by atoms with Crippen LogP contribution in [0.4, 0.5) is 5.69 Å². The van der Waals surface area contributed by atoms with E-state index in [9.17, 15) is 4.79 Å². The second-order valence-electron chi connectivity index (χ2n) is 9.26. The minimum atomic E-state index is 0.106. The second kappa shape index (κ2) is 8.07. The Balaban J connectivity index is 1.24. The molecule has 0 spiro atoms. The SMILES string of the molecule is CN1CCCCC1CN1CCN(c2ccc3c(=O)n(CC4CC4)cnc3c2)CC1. The van der Waals surface area contributed by atoms with E-state index in [1.165, 1.54) is 50.9 Å². The van der Waals surface area contributed by atoms with E-state index in [-0.39, 0.29) is 5.56 Å². The topological polar surface area (TPSA) is 44.6 Å². The second-order valence-corrected chi connectivity index (χ2v) is 9.26. The van der Waals surface area contributed by atoms with Crippen molar-refractivity contribution < 1.29 is 0 Å². The van der Waals surface area contributed by atoms with Gasteiger partial charge in [-0.05, 0) is 63.4 Å². The maximum Gasteiger partial charge on any atom is 0.261 e. The summed E-state index contributed by atoms with van der Waals surface area (Å²) in [5, 5.41) is 0.746. The van der Waals surface area contributed by atoms with Gasteiger partial charge in [0.1, 0.15) is 0 Å². The number of benzene rings is 1. The first-order valence-corrected chi connectivity index (χ1v) is 11.3. The molecule has 1 aliphatic carbocycles. The Kier molecular flexibility index (Phi) is 5.31. The Morgan fingerprint density at radius 3 is 2.59 bits per heavy atom. The maximum absolute atomic E-state index is 12.7. The van der Waals surface area contributed by atoms with E-state index in [2.05, 4.69) is 38.9 Å². The zero-order valence-corrected chi connectivity index (χ0v) is 17.6. The van der Waals surface area contributed by atoms with Crippen molar-refractivity contribution in [2.45, 2.75) is 44.7 Å². The molecule has 1 atom stereocenters. The molecule has 3 aliphatic rings. The zero-order valence-electron chi connectivity index (χ0n) is 17.6. The molecule has 3 heterocycles. The average Bonchev–Trinajstić information content (AvgIpc) is 3.56. The lowest BCUT2D eigenvalue weighted by Crippen LogP contribution is -2.51. The van der Waals surface area contributed by atoms with Crippen LogP contribution in [0.3, 0.4) is 0 Å². The van der Waals surface area contributed by atoms with Crippen molar-refractivity contribution >= 4 is 16.6 Å². The monoisotopic (exact) mass is 395 g/mol. The molecule has 0 amide bonds. The molecule has 5 rings (SSSR count). The number of hydrogen-bond acceptors (Lipinski definition) is 5. The van der Waals surface area contributed by atoms with Crippen LogP contribution in [-0.2, 0) is 6.54 Å². The lowest BCUT2D eigenvalue weighted by Gasteiger charge is -2.40. The molecule has 1 aromatic carbocycles. The molecule has 1 aromatic heterocycles. The minimum Gasteiger partial charge on any atom is -0.369 e. The van der Waals surface area contributed by atoms with Crippen molar-refractivity contribution in [1.29, 1.82) is 0 Å². The molecule has 1 unspecified atom stereocenters.